The van der Waals surface area contributed by atoms with E-state index in [4.69, 9.17) is 21.0 Å². The Hall–Kier alpha value is 0.879. The minimum absolute atomic E-state index is 0. The molecule has 0 unspecified atom stereocenters. The summed E-state index contributed by atoms with van der Waals surface area (Å²) in [6.07, 6.45) is 0. The Kier molecular flexibility index (Phi) is 866. The molecule has 3 N–H and O–H groups in total. The fraction of sp³-hybridized carbons (Fsp3) is 0. The molecule has 0 aromatic carbocycles. The standard InChI is InChI=1S/2Fe.2H2O2/c;;2*1-2/h;;2*1-2H/q+2;+3;;/p-1. The maximum absolute atomic E-state index is 7.25. The molecule has 0 saturated heterocycles. The Morgan fingerprint density at radius 2 is 1.00 bits per heavy atom. The Labute approximate surface area is 55.6 Å². The molecule has 0 atom stereocenters. The largest absolute Gasteiger partial charge is 3.00 e. The fourth-order valence-electron chi connectivity index (χ4n) is 0. The molecule has 39 valence electrons. The quantitative estimate of drug-likeness (QED) is 0.248. The summed E-state index contributed by atoms with van der Waals surface area (Å²) >= 11 is 0. The van der Waals surface area contributed by atoms with Crippen molar-refractivity contribution in [1.82, 2.24) is 0 Å². The van der Waals surface area contributed by atoms with Gasteiger partial charge in [-0.15, -0.1) is 0 Å². The van der Waals surface area contributed by atoms with Crippen molar-refractivity contribution in [1.29, 1.82) is 0 Å². The van der Waals surface area contributed by atoms with Crippen LogP contribution < -0.4 is 5.26 Å². The van der Waals surface area contributed by atoms with Crippen LogP contribution in [0.5, 0.6) is 0 Å². The van der Waals surface area contributed by atoms with Crippen molar-refractivity contribution in [2.45, 2.75) is 0 Å². The predicted molar refractivity (Wildman–Crippen MR) is 7.89 cm³/mol. The van der Waals surface area contributed by atoms with Crippen LogP contribution in [0.25, 0.3) is 0 Å². The average molecular weight is 179 g/mol. The van der Waals surface area contributed by atoms with Gasteiger partial charge in [0.15, 0.2) is 0 Å². The minimum Gasteiger partial charge on any atom is -0.727 e. The SMILES string of the molecule is OO.[Fe+2].[Fe+3].[O-]O. The molecule has 0 spiro atoms. The van der Waals surface area contributed by atoms with Gasteiger partial charge in [0.25, 0.3) is 0 Å². The van der Waals surface area contributed by atoms with Crippen molar-refractivity contribution >= 4 is 0 Å². The van der Waals surface area contributed by atoms with Crippen LogP contribution in [0, 0.1) is 0 Å². The van der Waals surface area contributed by atoms with Crippen LogP contribution in [-0.4, -0.2) is 15.8 Å². The average Bonchev–Trinajstić information content (AvgIpc) is 1.50. The van der Waals surface area contributed by atoms with E-state index in [9.17, 15) is 0 Å². The molecule has 0 fully saturated rings. The first kappa shape index (κ1) is 28.7. The molecular weight excluding hydrogens is 176 g/mol. The first-order valence-corrected chi connectivity index (χ1v) is 0.383. The molecule has 1 radical (unpaired) electrons. The number of hydrogen-bond acceptors (Lipinski definition) is 4. The maximum atomic E-state index is 7.25. The summed E-state index contributed by atoms with van der Waals surface area (Å²) in [7, 11) is 0. The van der Waals surface area contributed by atoms with E-state index in [0.29, 0.717) is 0 Å². The summed E-state index contributed by atoms with van der Waals surface area (Å²) in [4.78, 5) is 0. The fourth-order valence-corrected chi connectivity index (χ4v) is 0. The van der Waals surface area contributed by atoms with Gasteiger partial charge in [0.2, 0.25) is 0 Å². The molecule has 4 nitrogen and oxygen atoms in total. The van der Waals surface area contributed by atoms with E-state index in [1.165, 1.54) is 0 Å². The normalized spacial score (nSPS) is 2.00. The molecule has 0 bridgehead atoms. The zero-order chi connectivity index (χ0) is 4.00. The number of rotatable bonds is 0. The van der Waals surface area contributed by atoms with Gasteiger partial charge < -0.3 is 10.5 Å². The van der Waals surface area contributed by atoms with Crippen LogP contribution in [0.4, 0.5) is 0 Å². The van der Waals surface area contributed by atoms with Gasteiger partial charge in [-0.2, -0.15) is 0 Å². The van der Waals surface area contributed by atoms with E-state index in [-0.39, 0.29) is 34.1 Å². The molecule has 0 aromatic rings. The summed E-state index contributed by atoms with van der Waals surface area (Å²) in [5.74, 6) is 0. The van der Waals surface area contributed by atoms with Crippen molar-refractivity contribution in [3.8, 4) is 0 Å². The number of hydrogen-bond donors (Lipinski definition) is 3. The Bertz CT molecular complexity index is 5.51. The van der Waals surface area contributed by atoms with Gasteiger partial charge in [0.1, 0.15) is 0 Å². The van der Waals surface area contributed by atoms with Gasteiger partial charge in [-0.3, -0.25) is 10.5 Å². The third-order valence-corrected chi connectivity index (χ3v) is 0. The second-order valence-corrected chi connectivity index (χ2v) is 0. The smallest absolute Gasteiger partial charge is 0.727 e. The zero-order valence-corrected chi connectivity index (χ0v) is 4.67. The second-order valence-electron chi connectivity index (χ2n) is 0. The molecule has 0 heterocycles. The van der Waals surface area contributed by atoms with Crippen molar-refractivity contribution in [3.05, 3.63) is 0 Å². The summed E-state index contributed by atoms with van der Waals surface area (Å²) in [5.41, 5.74) is 0. The maximum Gasteiger partial charge on any atom is 3.00 e. The van der Waals surface area contributed by atoms with Gasteiger partial charge in [0, 0.05) is 0 Å². The van der Waals surface area contributed by atoms with Crippen molar-refractivity contribution in [2.24, 2.45) is 0 Å². The van der Waals surface area contributed by atoms with Crippen LogP contribution in [0.15, 0.2) is 0 Å². The van der Waals surface area contributed by atoms with E-state index in [2.05, 4.69) is 0 Å². The van der Waals surface area contributed by atoms with E-state index >= 15 is 0 Å². The van der Waals surface area contributed by atoms with E-state index in [1.807, 2.05) is 0 Å². The third-order valence-electron chi connectivity index (χ3n) is 0. The van der Waals surface area contributed by atoms with E-state index < -0.39 is 0 Å². The molecule has 0 rings (SSSR count). The Morgan fingerprint density at radius 1 is 1.00 bits per heavy atom. The van der Waals surface area contributed by atoms with Gasteiger partial charge in [0.05, 0.1) is 0 Å². The molecule has 6 heavy (non-hydrogen) atoms. The third kappa shape index (κ3) is 95.0. The molecule has 0 aliphatic rings. The van der Waals surface area contributed by atoms with Gasteiger partial charge >= 0.3 is 34.1 Å². The Morgan fingerprint density at radius 3 is 1.00 bits per heavy atom. The van der Waals surface area contributed by atoms with Gasteiger partial charge in [-0.25, -0.2) is 0 Å². The molecular formula is H3Fe2O4+4. The van der Waals surface area contributed by atoms with E-state index in [1.54, 1.807) is 0 Å². The van der Waals surface area contributed by atoms with Crippen LogP contribution in [0.3, 0.4) is 0 Å². The van der Waals surface area contributed by atoms with E-state index in [0.717, 1.165) is 0 Å². The molecule has 0 aromatic heterocycles. The summed E-state index contributed by atoms with van der Waals surface area (Å²) in [6, 6.07) is 0. The monoisotopic (exact) mass is 179 g/mol. The summed E-state index contributed by atoms with van der Waals surface area (Å²) in [5, 5.41) is 25.0. The van der Waals surface area contributed by atoms with Gasteiger partial charge in [-0.05, 0) is 0 Å². The van der Waals surface area contributed by atoms with Crippen LogP contribution in [0.1, 0.15) is 0 Å². The van der Waals surface area contributed by atoms with Gasteiger partial charge in [-0.1, -0.05) is 0 Å². The second kappa shape index (κ2) is 181. The summed E-state index contributed by atoms with van der Waals surface area (Å²) in [6.45, 7) is 0. The first-order chi connectivity index (χ1) is 2.00. The molecule has 0 saturated carbocycles. The zero-order valence-electron chi connectivity index (χ0n) is 2.46. The van der Waals surface area contributed by atoms with Crippen LogP contribution in [0.2, 0.25) is 0 Å². The van der Waals surface area contributed by atoms with Crippen molar-refractivity contribution in [3.63, 3.8) is 0 Å². The molecule has 0 aliphatic carbocycles. The molecule has 0 amide bonds. The first-order valence-electron chi connectivity index (χ1n) is 0.383. The van der Waals surface area contributed by atoms with Crippen molar-refractivity contribution in [2.75, 3.05) is 0 Å². The minimum atomic E-state index is 0. The van der Waals surface area contributed by atoms with Crippen LogP contribution >= 0.6 is 0 Å². The Balaban J connectivity index is -0.00000000500. The molecule has 6 heteroatoms. The van der Waals surface area contributed by atoms with Crippen LogP contribution in [-0.2, 0) is 34.1 Å². The van der Waals surface area contributed by atoms with Crippen molar-refractivity contribution < 1.29 is 55.2 Å². The molecule has 0 aliphatic heterocycles. The topological polar surface area (TPSA) is 83.8 Å². The predicted octanol–water partition coefficient (Wildman–Crippen LogP) is -1.17. The summed E-state index contributed by atoms with van der Waals surface area (Å²) < 4.78 is 0.